The summed E-state index contributed by atoms with van der Waals surface area (Å²) in [7, 11) is 3.70. The van der Waals surface area contributed by atoms with E-state index in [1.54, 1.807) is 30.3 Å². The standard InChI is InChI=1S/C19H14Cl2N4O/c1-25(2)18-11(9-22)10-23-17-12(18)5-3-8-15(17)24-19(26)16-13(20)6-4-7-14(16)21/h3-8,10H,1-2H3,(H,24,26). The van der Waals surface area contributed by atoms with Gasteiger partial charge in [0, 0.05) is 25.7 Å². The molecule has 130 valence electrons. The predicted octanol–water partition coefficient (Wildman–Crippen LogP) is 4.73. The number of hydrogen-bond acceptors (Lipinski definition) is 4. The molecule has 0 unspecified atom stereocenters. The lowest BCUT2D eigenvalue weighted by Gasteiger charge is -2.18. The van der Waals surface area contributed by atoms with Crippen LogP contribution in [0.25, 0.3) is 10.9 Å². The second-order valence-electron chi connectivity index (χ2n) is 5.78. The van der Waals surface area contributed by atoms with Crippen LogP contribution in [0.15, 0.2) is 42.6 Å². The van der Waals surface area contributed by atoms with Crippen molar-refractivity contribution in [3.63, 3.8) is 0 Å². The van der Waals surface area contributed by atoms with Crippen molar-refractivity contribution in [2.45, 2.75) is 0 Å². The van der Waals surface area contributed by atoms with Crippen molar-refractivity contribution in [3.05, 3.63) is 63.8 Å². The summed E-state index contributed by atoms with van der Waals surface area (Å²) in [6, 6.07) is 12.4. The number of benzene rings is 2. The maximum Gasteiger partial charge on any atom is 0.258 e. The zero-order valence-corrected chi connectivity index (χ0v) is 15.6. The number of pyridine rings is 1. The Morgan fingerprint density at radius 2 is 1.81 bits per heavy atom. The molecule has 2 aromatic carbocycles. The Morgan fingerprint density at radius 3 is 2.42 bits per heavy atom. The van der Waals surface area contributed by atoms with Crippen LogP contribution in [0.1, 0.15) is 15.9 Å². The van der Waals surface area contributed by atoms with E-state index in [0.717, 1.165) is 11.1 Å². The maximum atomic E-state index is 12.7. The van der Waals surface area contributed by atoms with Crippen LogP contribution in [0.5, 0.6) is 0 Å². The van der Waals surface area contributed by atoms with Gasteiger partial charge in [-0.1, -0.05) is 41.4 Å². The van der Waals surface area contributed by atoms with Crippen molar-refractivity contribution in [2.24, 2.45) is 0 Å². The smallest absolute Gasteiger partial charge is 0.258 e. The van der Waals surface area contributed by atoms with Gasteiger partial charge in [0.15, 0.2) is 0 Å². The number of hydrogen-bond donors (Lipinski definition) is 1. The number of anilines is 2. The number of aromatic nitrogens is 1. The van der Waals surface area contributed by atoms with Gasteiger partial charge in [0.25, 0.3) is 5.91 Å². The third kappa shape index (κ3) is 3.17. The van der Waals surface area contributed by atoms with E-state index in [1.807, 2.05) is 25.1 Å². The number of halogens is 2. The van der Waals surface area contributed by atoms with E-state index in [-0.39, 0.29) is 15.6 Å². The largest absolute Gasteiger partial charge is 0.376 e. The van der Waals surface area contributed by atoms with E-state index >= 15 is 0 Å². The summed E-state index contributed by atoms with van der Waals surface area (Å²) in [6.07, 6.45) is 1.50. The highest BCUT2D eigenvalue weighted by Crippen LogP contribution is 2.32. The average Bonchev–Trinajstić information content (AvgIpc) is 2.60. The lowest BCUT2D eigenvalue weighted by molar-refractivity contribution is 0.102. The highest BCUT2D eigenvalue weighted by atomic mass is 35.5. The van der Waals surface area contributed by atoms with Crippen LogP contribution in [-0.2, 0) is 0 Å². The Kier molecular flexibility index (Phi) is 4.99. The normalized spacial score (nSPS) is 10.4. The molecule has 0 saturated carbocycles. The van der Waals surface area contributed by atoms with Crippen LogP contribution < -0.4 is 10.2 Å². The predicted molar refractivity (Wildman–Crippen MR) is 105 cm³/mol. The first kappa shape index (κ1) is 18.0. The van der Waals surface area contributed by atoms with E-state index in [4.69, 9.17) is 23.2 Å². The Hall–Kier alpha value is -2.81. The fourth-order valence-corrected chi connectivity index (χ4v) is 3.34. The molecule has 0 spiro atoms. The van der Waals surface area contributed by atoms with E-state index in [0.29, 0.717) is 16.8 Å². The summed E-state index contributed by atoms with van der Waals surface area (Å²) in [6.45, 7) is 0. The van der Waals surface area contributed by atoms with Crippen molar-refractivity contribution >= 4 is 51.4 Å². The first-order valence-corrected chi connectivity index (χ1v) is 8.44. The SMILES string of the molecule is CN(C)c1c(C#N)cnc2c(NC(=O)c3c(Cl)cccc3Cl)cccc12. The Morgan fingerprint density at radius 1 is 1.15 bits per heavy atom. The molecule has 1 heterocycles. The van der Waals surface area contributed by atoms with E-state index in [9.17, 15) is 10.1 Å². The number of nitriles is 1. The molecule has 0 radical (unpaired) electrons. The molecule has 0 atom stereocenters. The quantitative estimate of drug-likeness (QED) is 0.708. The summed E-state index contributed by atoms with van der Waals surface area (Å²) in [5.41, 5.74) is 2.49. The third-order valence-corrected chi connectivity index (χ3v) is 4.50. The second-order valence-corrected chi connectivity index (χ2v) is 6.59. The van der Waals surface area contributed by atoms with Crippen LogP contribution in [0, 0.1) is 11.3 Å². The molecule has 1 amide bonds. The van der Waals surface area contributed by atoms with Crippen molar-refractivity contribution in [1.29, 1.82) is 5.26 Å². The number of rotatable bonds is 3. The van der Waals surface area contributed by atoms with E-state index < -0.39 is 5.91 Å². The highest BCUT2D eigenvalue weighted by Gasteiger charge is 2.18. The van der Waals surface area contributed by atoms with Crippen molar-refractivity contribution in [2.75, 3.05) is 24.3 Å². The average molecular weight is 385 g/mol. The summed E-state index contributed by atoms with van der Waals surface area (Å²) in [4.78, 5) is 18.9. The van der Waals surface area contributed by atoms with Gasteiger partial charge < -0.3 is 10.2 Å². The van der Waals surface area contributed by atoms with Gasteiger partial charge in [0.2, 0.25) is 0 Å². The molecule has 26 heavy (non-hydrogen) atoms. The molecule has 7 heteroatoms. The van der Waals surface area contributed by atoms with Crippen molar-refractivity contribution in [1.82, 2.24) is 4.98 Å². The van der Waals surface area contributed by atoms with Crippen LogP contribution in [0.2, 0.25) is 10.0 Å². The molecular formula is C19H14Cl2N4O. The highest BCUT2D eigenvalue weighted by molar-refractivity contribution is 6.40. The van der Waals surface area contributed by atoms with E-state index in [1.165, 1.54) is 6.20 Å². The molecule has 5 nitrogen and oxygen atoms in total. The zero-order valence-electron chi connectivity index (χ0n) is 14.0. The number of carbonyl (C=O) groups excluding carboxylic acids is 1. The van der Waals surface area contributed by atoms with Gasteiger partial charge in [-0.15, -0.1) is 0 Å². The van der Waals surface area contributed by atoms with Crippen LogP contribution in [0.4, 0.5) is 11.4 Å². The fourth-order valence-electron chi connectivity index (χ4n) is 2.77. The van der Waals surface area contributed by atoms with Crippen molar-refractivity contribution in [3.8, 4) is 6.07 Å². The molecule has 0 saturated heterocycles. The topological polar surface area (TPSA) is 69.0 Å². The lowest BCUT2D eigenvalue weighted by Crippen LogP contribution is -2.15. The minimum atomic E-state index is -0.425. The van der Waals surface area contributed by atoms with Gasteiger partial charge >= 0.3 is 0 Å². The van der Waals surface area contributed by atoms with Gasteiger partial charge in [-0.2, -0.15) is 5.26 Å². The minimum absolute atomic E-state index is 0.203. The molecule has 1 N–H and O–H groups in total. The van der Waals surface area contributed by atoms with Gasteiger partial charge in [-0.3, -0.25) is 9.78 Å². The Labute approximate surface area is 160 Å². The summed E-state index contributed by atoms with van der Waals surface area (Å²) < 4.78 is 0. The zero-order chi connectivity index (χ0) is 18.8. The number of nitrogens with one attached hydrogen (secondary N) is 1. The molecule has 0 aliphatic carbocycles. The van der Waals surface area contributed by atoms with Gasteiger partial charge in [-0.25, -0.2) is 0 Å². The molecular weight excluding hydrogens is 371 g/mol. The van der Waals surface area contributed by atoms with Crippen molar-refractivity contribution < 1.29 is 4.79 Å². The summed E-state index contributed by atoms with van der Waals surface area (Å²) in [5, 5.41) is 13.4. The minimum Gasteiger partial charge on any atom is -0.376 e. The molecule has 0 aliphatic rings. The third-order valence-electron chi connectivity index (χ3n) is 3.87. The molecule has 0 fully saturated rings. The van der Waals surface area contributed by atoms with Gasteiger partial charge in [-0.05, 0) is 18.2 Å². The van der Waals surface area contributed by atoms with Crippen LogP contribution in [0.3, 0.4) is 0 Å². The number of fused-ring (bicyclic) bond motifs is 1. The van der Waals surface area contributed by atoms with Gasteiger partial charge in [0.05, 0.1) is 38.1 Å². The molecule has 3 rings (SSSR count). The van der Waals surface area contributed by atoms with E-state index in [2.05, 4.69) is 16.4 Å². The Balaban J connectivity index is 2.11. The fraction of sp³-hybridized carbons (Fsp3) is 0.105. The molecule has 0 aliphatic heterocycles. The summed E-state index contributed by atoms with van der Waals surface area (Å²) >= 11 is 12.2. The van der Waals surface area contributed by atoms with Gasteiger partial charge in [0.1, 0.15) is 6.07 Å². The number of para-hydroxylation sites is 1. The van der Waals surface area contributed by atoms with Crippen LogP contribution >= 0.6 is 23.2 Å². The first-order chi connectivity index (χ1) is 12.4. The second kappa shape index (κ2) is 7.20. The number of nitrogens with zero attached hydrogens (tertiary/aromatic N) is 3. The first-order valence-electron chi connectivity index (χ1n) is 7.68. The number of carbonyl (C=O) groups is 1. The Bertz CT molecular complexity index is 1040. The molecule has 1 aromatic heterocycles. The lowest BCUT2D eigenvalue weighted by atomic mass is 10.1. The molecule has 3 aromatic rings. The summed E-state index contributed by atoms with van der Waals surface area (Å²) in [5.74, 6) is -0.425. The van der Waals surface area contributed by atoms with Crippen LogP contribution in [-0.4, -0.2) is 25.0 Å². The maximum absolute atomic E-state index is 12.7. The number of amides is 1. The molecule has 0 bridgehead atoms. The monoisotopic (exact) mass is 384 g/mol.